The van der Waals surface area contributed by atoms with Gasteiger partial charge in [0.15, 0.2) is 0 Å². The first-order valence-corrected chi connectivity index (χ1v) is 15.8. The number of esters is 1. The van der Waals surface area contributed by atoms with Crippen LogP contribution >= 0.6 is 0 Å². The largest absolute Gasteiger partial charge is 0.467 e. The molecule has 0 fully saturated rings. The van der Waals surface area contributed by atoms with Gasteiger partial charge in [-0.3, -0.25) is 4.79 Å². The Kier molecular flexibility index (Phi) is 15.8. The summed E-state index contributed by atoms with van der Waals surface area (Å²) in [6.45, 7) is 8.87. The van der Waals surface area contributed by atoms with E-state index in [0.29, 0.717) is 51.7 Å². The van der Waals surface area contributed by atoms with Gasteiger partial charge in [0.25, 0.3) is 0 Å². The van der Waals surface area contributed by atoms with Crippen molar-refractivity contribution in [3.63, 3.8) is 0 Å². The van der Waals surface area contributed by atoms with Gasteiger partial charge in [0.05, 0.1) is 7.11 Å². The smallest absolute Gasteiger partial charge is 0.407 e. The molecule has 0 saturated carbocycles. The average molecular weight is 596 g/mol. The van der Waals surface area contributed by atoms with Crippen molar-refractivity contribution in [1.82, 2.24) is 10.2 Å². The number of aryl methyl sites for hydroxylation is 2. The van der Waals surface area contributed by atoms with Crippen LogP contribution in [0.5, 0.6) is 0 Å². The number of nitrogens with zero attached hydrogens (tertiary/aromatic N) is 1. The first-order chi connectivity index (χ1) is 20.6. The molecular formula is C35H53N3O5. The Morgan fingerprint density at radius 2 is 1.47 bits per heavy atom. The van der Waals surface area contributed by atoms with Crippen molar-refractivity contribution in [2.24, 2.45) is 5.73 Å². The number of nitrogens with one attached hydrogen (secondary N) is 1. The van der Waals surface area contributed by atoms with Gasteiger partial charge in [-0.25, -0.2) is 9.59 Å². The number of nitrogens with two attached hydrogens (primary N) is 1. The van der Waals surface area contributed by atoms with Crippen molar-refractivity contribution in [2.45, 2.75) is 104 Å². The molecule has 43 heavy (non-hydrogen) atoms. The van der Waals surface area contributed by atoms with Crippen LogP contribution in [-0.4, -0.2) is 61.3 Å². The van der Waals surface area contributed by atoms with Crippen molar-refractivity contribution in [3.8, 4) is 11.1 Å². The zero-order valence-corrected chi connectivity index (χ0v) is 27.0. The van der Waals surface area contributed by atoms with Gasteiger partial charge in [-0.05, 0) is 94.5 Å². The van der Waals surface area contributed by atoms with Crippen LogP contribution in [0, 0.1) is 0 Å². The fourth-order valence-electron chi connectivity index (χ4n) is 4.92. The maximum absolute atomic E-state index is 13.4. The van der Waals surface area contributed by atoms with E-state index in [9.17, 15) is 14.4 Å². The molecule has 0 aliphatic rings. The summed E-state index contributed by atoms with van der Waals surface area (Å²) < 4.78 is 10.3. The van der Waals surface area contributed by atoms with Gasteiger partial charge in [-0.15, -0.1) is 0 Å². The minimum absolute atomic E-state index is 0.0986. The van der Waals surface area contributed by atoms with E-state index >= 15 is 0 Å². The Bertz CT molecular complexity index is 1110. The van der Waals surface area contributed by atoms with E-state index in [-0.39, 0.29) is 12.3 Å². The van der Waals surface area contributed by atoms with E-state index in [2.05, 4.69) is 60.8 Å². The van der Waals surface area contributed by atoms with Gasteiger partial charge in [-0.2, -0.15) is 0 Å². The first kappa shape index (κ1) is 35.8. The number of methoxy groups -OCH3 is 1. The number of hydrogen-bond donors (Lipinski definition) is 2. The van der Waals surface area contributed by atoms with Crippen LogP contribution in [-0.2, 0) is 31.9 Å². The van der Waals surface area contributed by atoms with Crippen molar-refractivity contribution < 1.29 is 23.9 Å². The van der Waals surface area contributed by atoms with E-state index in [4.69, 9.17) is 15.2 Å². The third-order valence-corrected chi connectivity index (χ3v) is 7.28. The number of hydrogen-bond acceptors (Lipinski definition) is 6. The number of rotatable bonds is 18. The molecule has 2 aromatic rings. The molecule has 238 valence electrons. The summed E-state index contributed by atoms with van der Waals surface area (Å²) in [5.41, 5.74) is 9.95. The summed E-state index contributed by atoms with van der Waals surface area (Å²) in [6.07, 6.45) is 7.50. The summed E-state index contributed by atoms with van der Waals surface area (Å²) in [5, 5.41) is 2.73. The number of carbonyl (C=O) groups is 3. The molecule has 0 heterocycles. The molecule has 8 heteroatoms. The Balaban J connectivity index is 1.95. The van der Waals surface area contributed by atoms with Crippen molar-refractivity contribution in [1.29, 1.82) is 0 Å². The molecule has 0 unspecified atom stereocenters. The van der Waals surface area contributed by atoms with Gasteiger partial charge >= 0.3 is 12.1 Å². The normalized spacial score (nSPS) is 12.0. The summed E-state index contributed by atoms with van der Waals surface area (Å²) in [5.74, 6) is -0.537. The highest BCUT2D eigenvalue weighted by Crippen LogP contribution is 2.22. The Morgan fingerprint density at radius 3 is 2.00 bits per heavy atom. The van der Waals surface area contributed by atoms with Crippen LogP contribution in [0.2, 0.25) is 0 Å². The third-order valence-electron chi connectivity index (χ3n) is 7.28. The molecule has 0 aliphatic carbocycles. The molecule has 2 rings (SSSR count). The number of ether oxygens (including phenoxy) is 2. The lowest BCUT2D eigenvalue weighted by molar-refractivity contribution is -0.153. The topological polar surface area (TPSA) is 111 Å². The summed E-state index contributed by atoms with van der Waals surface area (Å²) in [6, 6.07) is 16.4. The average Bonchev–Trinajstić information content (AvgIpc) is 2.98. The molecule has 0 radical (unpaired) electrons. The maximum atomic E-state index is 13.4. The van der Waals surface area contributed by atoms with Crippen molar-refractivity contribution in [3.05, 3.63) is 59.7 Å². The monoisotopic (exact) mass is 595 g/mol. The lowest BCUT2D eigenvalue weighted by Crippen LogP contribution is -2.46. The van der Waals surface area contributed by atoms with Crippen LogP contribution in [0.3, 0.4) is 0 Å². The number of alkyl carbamates (subject to hydrolysis) is 1. The van der Waals surface area contributed by atoms with Gasteiger partial charge in [0.1, 0.15) is 11.6 Å². The van der Waals surface area contributed by atoms with E-state index in [0.717, 1.165) is 17.5 Å². The van der Waals surface area contributed by atoms with Crippen molar-refractivity contribution >= 4 is 18.0 Å². The van der Waals surface area contributed by atoms with E-state index in [1.165, 1.54) is 37.5 Å². The van der Waals surface area contributed by atoms with Crippen LogP contribution in [0.4, 0.5) is 4.79 Å². The maximum Gasteiger partial charge on any atom is 0.407 e. The zero-order chi connectivity index (χ0) is 31.7. The van der Waals surface area contributed by atoms with Crippen LogP contribution in [0.15, 0.2) is 48.5 Å². The summed E-state index contributed by atoms with van der Waals surface area (Å²) in [4.78, 5) is 39.7. The van der Waals surface area contributed by atoms with Crippen molar-refractivity contribution in [2.75, 3.05) is 26.7 Å². The second-order valence-corrected chi connectivity index (χ2v) is 12.0. The molecule has 8 nitrogen and oxygen atoms in total. The molecule has 1 atom stereocenters. The molecule has 2 aromatic carbocycles. The summed E-state index contributed by atoms with van der Waals surface area (Å²) in [7, 11) is 1.34. The third kappa shape index (κ3) is 13.6. The molecule has 2 amide bonds. The Hall–Kier alpha value is -3.39. The number of unbranched alkanes of at least 4 members (excludes halogenated alkanes) is 3. The molecule has 0 saturated heterocycles. The second-order valence-electron chi connectivity index (χ2n) is 12.0. The molecule has 0 aliphatic heterocycles. The lowest BCUT2D eigenvalue weighted by Gasteiger charge is -2.30. The Labute approximate surface area is 258 Å². The lowest BCUT2D eigenvalue weighted by atomic mass is 9.99. The quantitative estimate of drug-likeness (QED) is 0.152. The van der Waals surface area contributed by atoms with Gasteiger partial charge in [0.2, 0.25) is 5.91 Å². The highest BCUT2D eigenvalue weighted by Gasteiger charge is 2.29. The highest BCUT2D eigenvalue weighted by atomic mass is 16.6. The SMILES string of the molecule is CCCCCc1ccc(-c2ccc(CCC(=O)N(CCCN)[C@@H](CCCCNC(=O)OC(C)(C)C)C(=O)OC)cc2)cc1. The predicted molar refractivity (Wildman–Crippen MR) is 173 cm³/mol. The van der Waals surface area contributed by atoms with Gasteiger partial charge in [-0.1, -0.05) is 68.3 Å². The number of amides is 2. The minimum Gasteiger partial charge on any atom is -0.467 e. The van der Waals surface area contributed by atoms with Crippen LogP contribution in [0.25, 0.3) is 11.1 Å². The predicted octanol–water partition coefficient (Wildman–Crippen LogP) is 6.43. The molecule has 0 bridgehead atoms. The van der Waals surface area contributed by atoms with Crippen LogP contribution < -0.4 is 11.1 Å². The molecule has 0 spiro atoms. The standard InChI is InChI=1S/C35H53N3O5/c1-6-7-8-12-27-14-19-29(20-15-27)30-21-16-28(17-22-30)18-23-32(39)38(26-11-24-36)31(33(40)42-5)13-9-10-25-37-34(41)43-35(2,3)4/h14-17,19-22,31H,6-13,18,23-26,36H2,1-5H3,(H,37,41)/t31-/m0/s1. The fraction of sp³-hybridized carbons (Fsp3) is 0.571. The van der Waals surface area contributed by atoms with E-state index in [1.807, 2.05) is 20.8 Å². The molecule has 0 aromatic heterocycles. The van der Waals surface area contributed by atoms with E-state index in [1.54, 1.807) is 4.90 Å². The highest BCUT2D eigenvalue weighted by molar-refractivity contribution is 5.84. The number of carbonyl (C=O) groups excluding carboxylic acids is 3. The van der Waals surface area contributed by atoms with Crippen LogP contribution in [0.1, 0.15) is 90.2 Å². The zero-order valence-electron chi connectivity index (χ0n) is 27.0. The summed E-state index contributed by atoms with van der Waals surface area (Å²) >= 11 is 0. The fourth-order valence-corrected chi connectivity index (χ4v) is 4.92. The Morgan fingerprint density at radius 1 is 0.860 bits per heavy atom. The number of benzene rings is 2. The molecule has 3 N–H and O–H groups in total. The first-order valence-electron chi connectivity index (χ1n) is 15.8. The van der Waals surface area contributed by atoms with E-state index < -0.39 is 23.7 Å². The molecular weight excluding hydrogens is 542 g/mol. The van der Waals surface area contributed by atoms with Gasteiger partial charge in [0, 0.05) is 19.5 Å². The van der Waals surface area contributed by atoms with Gasteiger partial charge < -0.3 is 25.4 Å². The second kappa shape index (κ2) is 19.0. The minimum atomic E-state index is -0.696.